The lowest BCUT2D eigenvalue weighted by Gasteiger charge is -2.14. The molecule has 5 rings (SSSR count). The van der Waals surface area contributed by atoms with E-state index in [1.165, 1.54) is 23.5 Å². The number of β-amino-alcohol motifs (C(OH)–C–C–N with tert-alkyl or cyclic N) is 1. The van der Waals surface area contributed by atoms with Crippen LogP contribution in [0.4, 0.5) is 5.13 Å². The van der Waals surface area contributed by atoms with Crippen molar-refractivity contribution < 1.29 is 27.9 Å². The maximum absolute atomic E-state index is 13.3. The Kier molecular flexibility index (Phi) is 8.15. The zero-order chi connectivity index (χ0) is 29.1. The average Bonchev–Trinajstić information content (AvgIpc) is 3.57. The number of nitrogens with one attached hydrogen (secondary N) is 1. The van der Waals surface area contributed by atoms with Gasteiger partial charge in [-0.15, -0.1) is 11.3 Å². The van der Waals surface area contributed by atoms with Gasteiger partial charge < -0.3 is 14.7 Å². The molecular formula is C29H28N4O6S2. The van der Waals surface area contributed by atoms with Crippen LogP contribution >= 0.6 is 11.3 Å². The molecule has 1 aliphatic heterocycles. The van der Waals surface area contributed by atoms with Crippen LogP contribution in [-0.4, -0.2) is 65.7 Å². The van der Waals surface area contributed by atoms with Crippen molar-refractivity contribution in [3.8, 4) is 22.8 Å². The molecule has 0 bridgehead atoms. The van der Waals surface area contributed by atoms with Crippen molar-refractivity contribution in [3.05, 3.63) is 83.0 Å². The van der Waals surface area contributed by atoms with E-state index in [1.807, 2.05) is 19.1 Å². The van der Waals surface area contributed by atoms with Crippen LogP contribution in [0.2, 0.25) is 0 Å². The summed E-state index contributed by atoms with van der Waals surface area (Å²) in [5.74, 6) is 0.226. The highest BCUT2D eigenvalue weighted by Gasteiger charge is 2.25. The van der Waals surface area contributed by atoms with E-state index in [2.05, 4.69) is 15.3 Å². The number of rotatable bonds is 8. The summed E-state index contributed by atoms with van der Waals surface area (Å²) in [6.45, 7) is 2.76. The molecule has 4 aromatic rings. The monoisotopic (exact) mass is 592 g/mol. The lowest BCUT2D eigenvalue weighted by atomic mass is 10.0. The Hall–Kier alpha value is -4.13. The minimum atomic E-state index is -3.35. The molecule has 2 aromatic heterocycles. The summed E-state index contributed by atoms with van der Waals surface area (Å²) in [5, 5.41) is 14.6. The number of aromatic nitrogens is 2. The highest BCUT2D eigenvalue weighted by atomic mass is 32.2. The van der Waals surface area contributed by atoms with Gasteiger partial charge in [-0.1, -0.05) is 6.07 Å². The number of aliphatic hydroxyl groups excluding tert-OH is 1. The maximum atomic E-state index is 13.3. The zero-order valence-corrected chi connectivity index (χ0v) is 24.0. The van der Waals surface area contributed by atoms with E-state index >= 15 is 0 Å². The average molecular weight is 593 g/mol. The van der Waals surface area contributed by atoms with Crippen molar-refractivity contribution in [1.29, 1.82) is 0 Å². The molecule has 10 nitrogen and oxygen atoms in total. The van der Waals surface area contributed by atoms with E-state index in [0.29, 0.717) is 58.7 Å². The summed E-state index contributed by atoms with van der Waals surface area (Å²) in [7, 11) is -3.35. The van der Waals surface area contributed by atoms with Crippen LogP contribution in [0, 0.1) is 6.92 Å². The number of nitrogens with zero attached hydrogens (tertiary/aromatic N) is 3. The second-order valence-electron chi connectivity index (χ2n) is 9.82. The molecule has 1 unspecified atom stereocenters. The first-order chi connectivity index (χ1) is 19.5. The first-order valence-electron chi connectivity index (χ1n) is 12.8. The van der Waals surface area contributed by atoms with Crippen LogP contribution in [-0.2, 0) is 21.1 Å². The van der Waals surface area contributed by atoms with Gasteiger partial charge in [0.1, 0.15) is 11.5 Å². The number of likely N-dealkylation sites (tertiary alicyclic amines) is 1. The standard InChI is InChI=1S/C29H28N4O6S2/c1-18-4-3-10-30-27(18)19-12-20(14-24(13-19)39-23-5-7-25(8-6-23)41(2,37)38)28(36)32-29-31-21(17-40-29)15-26(35)33-11-9-22(34)16-33/h3-8,10,12-14,17,22,34H,9,11,15-16H2,1-2H3,(H,31,32,36). The van der Waals surface area contributed by atoms with Crippen LogP contribution in [0.3, 0.4) is 0 Å². The number of pyridine rings is 1. The largest absolute Gasteiger partial charge is 0.457 e. The molecule has 1 saturated heterocycles. The number of amides is 2. The van der Waals surface area contributed by atoms with Crippen molar-refractivity contribution >= 4 is 38.1 Å². The highest BCUT2D eigenvalue weighted by Crippen LogP contribution is 2.31. The van der Waals surface area contributed by atoms with E-state index < -0.39 is 21.8 Å². The molecule has 0 aliphatic carbocycles. The molecule has 2 amide bonds. The second-order valence-corrected chi connectivity index (χ2v) is 12.7. The number of sulfone groups is 1. The predicted molar refractivity (Wildman–Crippen MR) is 155 cm³/mol. The van der Waals surface area contributed by atoms with E-state index in [1.54, 1.807) is 46.8 Å². The lowest BCUT2D eigenvalue weighted by molar-refractivity contribution is -0.129. The number of hydrogen-bond acceptors (Lipinski definition) is 9. The van der Waals surface area contributed by atoms with Gasteiger partial charge in [0.05, 0.1) is 28.8 Å². The van der Waals surface area contributed by atoms with Gasteiger partial charge in [0.2, 0.25) is 5.91 Å². The summed E-state index contributed by atoms with van der Waals surface area (Å²) >= 11 is 1.21. The Morgan fingerprint density at radius 3 is 2.61 bits per heavy atom. The highest BCUT2D eigenvalue weighted by molar-refractivity contribution is 7.90. The quantitative estimate of drug-likeness (QED) is 0.312. The number of carbonyl (C=O) groups is 2. The van der Waals surface area contributed by atoms with Crippen molar-refractivity contribution in [2.45, 2.75) is 30.8 Å². The minimum Gasteiger partial charge on any atom is -0.457 e. The Morgan fingerprint density at radius 2 is 1.93 bits per heavy atom. The number of carbonyl (C=O) groups excluding carboxylic acids is 2. The molecule has 212 valence electrons. The van der Waals surface area contributed by atoms with Crippen molar-refractivity contribution in [3.63, 3.8) is 0 Å². The van der Waals surface area contributed by atoms with Crippen LogP contribution in [0.5, 0.6) is 11.5 Å². The van der Waals surface area contributed by atoms with Gasteiger partial charge in [-0.3, -0.25) is 19.9 Å². The number of anilines is 1. The number of benzene rings is 2. The predicted octanol–water partition coefficient (Wildman–Crippen LogP) is 4.10. The summed E-state index contributed by atoms with van der Waals surface area (Å²) < 4.78 is 29.6. The fourth-order valence-electron chi connectivity index (χ4n) is 4.45. The summed E-state index contributed by atoms with van der Waals surface area (Å²) in [5.41, 5.74) is 3.09. The van der Waals surface area contributed by atoms with Crippen LogP contribution in [0.1, 0.15) is 28.0 Å². The van der Waals surface area contributed by atoms with Gasteiger partial charge >= 0.3 is 0 Å². The SMILES string of the molecule is Cc1cccnc1-c1cc(Oc2ccc(S(C)(=O)=O)cc2)cc(C(=O)Nc2nc(CC(=O)N3CCC(O)C3)cs2)c1. The Balaban J connectivity index is 1.37. The second kappa shape index (κ2) is 11.8. The smallest absolute Gasteiger partial charge is 0.257 e. The lowest BCUT2D eigenvalue weighted by Crippen LogP contribution is -2.30. The summed E-state index contributed by atoms with van der Waals surface area (Å²) in [6.07, 6.45) is 2.97. The molecule has 0 saturated carbocycles. The molecule has 41 heavy (non-hydrogen) atoms. The molecule has 0 spiro atoms. The third-order valence-corrected chi connectivity index (χ3v) is 8.49. The van der Waals surface area contributed by atoms with Crippen LogP contribution in [0.25, 0.3) is 11.3 Å². The van der Waals surface area contributed by atoms with Crippen molar-refractivity contribution in [2.75, 3.05) is 24.7 Å². The molecule has 1 atom stereocenters. The Morgan fingerprint density at radius 1 is 1.15 bits per heavy atom. The van der Waals surface area contributed by atoms with Gasteiger partial charge in [0, 0.05) is 42.0 Å². The summed E-state index contributed by atoms with van der Waals surface area (Å²) in [4.78, 5) is 36.5. The first kappa shape index (κ1) is 28.4. The van der Waals surface area contributed by atoms with Crippen molar-refractivity contribution in [2.24, 2.45) is 0 Å². The Bertz CT molecular complexity index is 1700. The molecular weight excluding hydrogens is 564 g/mol. The molecule has 2 aromatic carbocycles. The fraction of sp³-hybridized carbons (Fsp3) is 0.241. The van der Waals surface area contributed by atoms with Gasteiger partial charge in [0.15, 0.2) is 15.0 Å². The number of aryl methyl sites for hydroxylation is 1. The first-order valence-corrected chi connectivity index (χ1v) is 15.6. The maximum Gasteiger partial charge on any atom is 0.257 e. The third kappa shape index (κ3) is 6.96. The van der Waals surface area contributed by atoms with E-state index in [9.17, 15) is 23.1 Å². The molecule has 12 heteroatoms. The third-order valence-electron chi connectivity index (χ3n) is 6.56. The number of hydrogen-bond donors (Lipinski definition) is 2. The van der Waals surface area contributed by atoms with Crippen LogP contribution < -0.4 is 10.1 Å². The topological polar surface area (TPSA) is 139 Å². The molecule has 1 aliphatic rings. The van der Waals surface area contributed by atoms with Gasteiger partial charge in [-0.25, -0.2) is 13.4 Å². The fourth-order valence-corrected chi connectivity index (χ4v) is 5.79. The normalized spacial score (nSPS) is 15.1. The van der Waals surface area contributed by atoms with E-state index in [0.717, 1.165) is 11.8 Å². The van der Waals surface area contributed by atoms with E-state index in [-0.39, 0.29) is 17.2 Å². The summed E-state index contributed by atoms with van der Waals surface area (Å²) in [6, 6.07) is 14.8. The molecule has 3 heterocycles. The Labute approximate surface area is 241 Å². The number of aliphatic hydroxyl groups is 1. The molecule has 2 N–H and O–H groups in total. The minimum absolute atomic E-state index is 0.0869. The number of thiazole rings is 1. The number of ether oxygens (including phenoxy) is 1. The van der Waals surface area contributed by atoms with Gasteiger partial charge in [0.25, 0.3) is 5.91 Å². The molecule has 1 fully saturated rings. The van der Waals surface area contributed by atoms with Gasteiger partial charge in [-0.2, -0.15) is 0 Å². The molecule has 0 radical (unpaired) electrons. The van der Waals surface area contributed by atoms with Crippen molar-refractivity contribution in [1.82, 2.24) is 14.9 Å². The van der Waals surface area contributed by atoms with E-state index in [4.69, 9.17) is 4.74 Å². The van der Waals surface area contributed by atoms with Gasteiger partial charge in [-0.05, 0) is 67.4 Å². The zero-order valence-electron chi connectivity index (χ0n) is 22.4. The van der Waals surface area contributed by atoms with Crippen LogP contribution in [0.15, 0.2) is 71.1 Å².